The van der Waals surface area contributed by atoms with E-state index in [0.717, 1.165) is 32.4 Å². The quantitative estimate of drug-likeness (QED) is 0.905. The van der Waals surface area contributed by atoms with E-state index in [1.165, 1.54) is 11.1 Å². The topological polar surface area (TPSA) is 40.5 Å². The number of piperidine rings is 1. The molecule has 0 aromatic heterocycles. The van der Waals surface area contributed by atoms with E-state index >= 15 is 0 Å². The van der Waals surface area contributed by atoms with Crippen molar-refractivity contribution in [2.24, 2.45) is 5.92 Å². The lowest BCUT2D eigenvalue weighted by molar-refractivity contribution is -0.145. The van der Waals surface area contributed by atoms with Gasteiger partial charge in [0.1, 0.15) is 6.04 Å². The molecule has 0 radical (unpaired) electrons. The van der Waals surface area contributed by atoms with Crippen LogP contribution >= 0.6 is 0 Å². The molecule has 2 rings (SSSR count). The third-order valence-corrected chi connectivity index (χ3v) is 4.19. The van der Waals surface area contributed by atoms with E-state index in [-0.39, 0.29) is 6.04 Å². The average Bonchev–Trinajstić information content (AvgIpc) is 2.41. The predicted octanol–water partition coefficient (Wildman–Crippen LogP) is 3.07. The predicted molar refractivity (Wildman–Crippen MR) is 76.0 cm³/mol. The van der Waals surface area contributed by atoms with Crippen molar-refractivity contribution < 1.29 is 9.90 Å². The van der Waals surface area contributed by atoms with E-state index in [9.17, 15) is 9.90 Å². The van der Waals surface area contributed by atoms with Crippen molar-refractivity contribution in [2.45, 2.75) is 45.7 Å². The molecule has 3 heteroatoms. The van der Waals surface area contributed by atoms with Gasteiger partial charge in [0.15, 0.2) is 0 Å². The fraction of sp³-hybridized carbons (Fsp3) is 0.562. The van der Waals surface area contributed by atoms with Gasteiger partial charge in [-0.3, -0.25) is 9.69 Å². The van der Waals surface area contributed by atoms with Crippen molar-refractivity contribution in [3.8, 4) is 0 Å². The molecule has 1 heterocycles. The molecule has 1 N–H and O–H groups in total. The molecule has 104 valence electrons. The molecule has 1 aliphatic heterocycles. The largest absolute Gasteiger partial charge is 0.480 e. The van der Waals surface area contributed by atoms with Crippen LogP contribution in [0.2, 0.25) is 0 Å². The van der Waals surface area contributed by atoms with Crippen LogP contribution in [0.1, 0.15) is 37.3 Å². The molecule has 0 amide bonds. The Hall–Kier alpha value is -1.35. The number of likely N-dealkylation sites (tertiary alicyclic amines) is 1. The molecule has 2 unspecified atom stereocenters. The van der Waals surface area contributed by atoms with Gasteiger partial charge < -0.3 is 5.11 Å². The number of hydrogen-bond donors (Lipinski definition) is 1. The highest BCUT2D eigenvalue weighted by molar-refractivity contribution is 5.73. The lowest BCUT2D eigenvalue weighted by Gasteiger charge is -2.37. The fourth-order valence-corrected chi connectivity index (χ4v) is 2.83. The van der Waals surface area contributed by atoms with Gasteiger partial charge in [0.2, 0.25) is 0 Å². The summed E-state index contributed by atoms with van der Waals surface area (Å²) in [5, 5.41) is 9.40. The van der Waals surface area contributed by atoms with Crippen LogP contribution in [0.5, 0.6) is 0 Å². The first-order valence-electron chi connectivity index (χ1n) is 7.12. The number of carbonyl (C=O) groups is 1. The summed E-state index contributed by atoms with van der Waals surface area (Å²) in [6.45, 7) is 5.85. The SMILES string of the molecule is CCC1CCN(Cc2ccc(C)cc2)C(C(=O)O)C1. The standard InChI is InChI=1S/C16H23NO2/c1-3-13-8-9-17(15(10-13)16(18)19)11-14-6-4-12(2)5-7-14/h4-7,13,15H,3,8-11H2,1-2H3,(H,18,19). The average molecular weight is 261 g/mol. The van der Waals surface area contributed by atoms with Crippen molar-refractivity contribution in [3.05, 3.63) is 35.4 Å². The molecule has 1 aliphatic rings. The summed E-state index contributed by atoms with van der Waals surface area (Å²) in [7, 11) is 0. The number of rotatable bonds is 4. The Bertz CT molecular complexity index is 427. The van der Waals surface area contributed by atoms with Crippen LogP contribution in [0, 0.1) is 12.8 Å². The fourth-order valence-electron chi connectivity index (χ4n) is 2.83. The normalized spacial score (nSPS) is 24.3. The maximum Gasteiger partial charge on any atom is 0.320 e. The van der Waals surface area contributed by atoms with Gasteiger partial charge in [0.05, 0.1) is 0 Å². The Morgan fingerprint density at radius 1 is 1.37 bits per heavy atom. The van der Waals surface area contributed by atoms with Crippen LogP contribution in [0.15, 0.2) is 24.3 Å². The maximum absolute atomic E-state index is 11.4. The molecule has 19 heavy (non-hydrogen) atoms. The van der Waals surface area contributed by atoms with E-state index in [2.05, 4.69) is 43.0 Å². The molecular weight excluding hydrogens is 238 g/mol. The molecule has 1 aromatic rings. The first-order valence-corrected chi connectivity index (χ1v) is 7.12. The van der Waals surface area contributed by atoms with E-state index in [1.54, 1.807) is 0 Å². The zero-order chi connectivity index (χ0) is 13.8. The Kier molecular flexibility index (Phi) is 4.59. The number of aryl methyl sites for hydroxylation is 1. The Labute approximate surface area is 115 Å². The minimum absolute atomic E-state index is 0.319. The van der Waals surface area contributed by atoms with Crippen LogP contribution < -0.4 is 0 Å². The van der Waals surface area contributed by atoms with Gasteiger partial charge >= 0.3 is 5.97 Å². The summed E-state index contributed by atoms with van der Waals surface area (Å²) >= 11 is 0. The summed E-state index contributed by atoms with van der Waals surface area (Å²) in [5.74, 6) is -0.111. The monoisotopic (exact) mass is 261 g/mol. The second-order valence-electron chi connectivity index (χ2n) is 5.61. The van der Waals surface area contributed by atoms with Gasteiger partial charge in [-0.1, -0.05) is 43.2 Å². The maximum atomic E-state index is 11.4. The second-order valence-corrected chi connectivity index (χ2v) is 5.61. The second kappa shape index (κ2) is 6.20. The Morgan fingerprint density at radius 3 is 2.63 bits per heavy atom. The van der Waals surface area contributed by atoms with Gasteiger partial charge in [0.25, 0.3) is 0 Å². The molecule has 0 saturated carbocycles. The molecule has 2 atom stereocenters. The van der Waals surface area contributed by atoms with Gasteiger partial charge in [-0.15, -0.1) is 0 Å². The zero-order valence-corrected chi connectivity index (χ0v) is 11.8. The summed E-state index contributed by atoms with van der Waals surface area (Å²) in [6, 6.07) is 8.05. The number of aliphatic carboxylic acids is 1. The first kappa shape index (κ1) is 14.1. The van der Waals surface area contributed by atoms with Crippen LogP contribution in [-0.4, -0.2) is 28.6 Å². The van der Waals surface area contributed by atoms with Gasteiger partial charge in [-0.05, 0) is 37.8 Å². The van der Waals surface area contributed by atoms with Crippen molar-refractivity contribution in [3.63, 3.8) is 0 Å². The molecular formula is C16H23NO2. The van der Waals surface area contributed by atoms with Gasteiger partial charge in [0, 0.05) is 6.54 Å². The molecule has 1 saturated heterocycles. The van der Waals surface area contributed by atoms with Crippen LogP contribution in [0.3, 0.4) is 0 Å². The van der Waals surface area contributed by atoms with Crippen LogP contribution in [0.4, 0.5) is 0 Å². The number of benzene rings is 1. The Morgan fingerprint density at radius 2 is 2.05 bits per heavy atom. The van der Waals surface area contributed by atoms with E-state index in [0.29, 0.717) is 5.92 Å². The van der Waals surface area contributed by atoms with Crippen molar-refractivity contribution >= 4 is 5.97 Å². The number of hydrogen-bond acceptors (Lipinski definition) is 2. The third-order valence-electron chi connectivity index (χ3n) is 4.19. The number of carboxylic acids is 1. The molecule has 3 nitrogen and oxygen atoms in total. The van der Waals surface area contributed by atoms with Crippen molar-refractivity contribution in [1.82, 2.24) is 4.90 Å². The highest BCUT2D eigenvalue weighted by atomic mass is 16.4. The van der Waals surface area contributed by atoms with Crippen LogP contribution in [0.25, 0.3) is 0 Å². The van der Waals surface area contributed by atoms with Gasteiger partial charge in [-0.25, -0.2) is 0 Å². The Balaban J connectivity index is 2.05. The van der Waals surface area contributed by atoms with Crippen LogP contribution in [-0.2, 0) is 11.3 Å². The molecule has 0 spiro atoms. The lowest BCUT2D eigenvalue weighted by atomic mass is 9.88. The van der Waals surface area contributed by atoms with E-state index in [4.69, 9.17) is 0 Å². The van der Waals surface area contributed by atoms with Crippen molar-refractivity contribution in [2.75, 3.05) is 6.54 Å². The number of carboxylic acid groups (broad SMARTS) is 1. The highest BCUT2D eigenvalue weighted by Gasteiger charge is 2.32. The third kappa shape index (κ3) is 3.57. The summed E-state index contributed by atoms with van der Waals surface area (Å²) in [4.78, 5) is 13.5. The van der Waals surface area contributed by atoms with E-state index < -0.39 is 5.97 Å². The lowest BCUT2D eigenvalue weighted by Crippen LogP contribution is -2.46. The first-order chi connectivity index (χ1) is 9.10. The summed E-state index contributed by atoms with van der Waals surface area (Å²) in [6.07, 6.45) is 2.99. The van der Waals surface area contributed by atoms with Gasteiger partial charge in [-0.2, -0.15) is 0 Å². The van der Waals surface area contributed by atoms with E-state index in [1.807, 2.05) is 0 Å². The summed E-state index contributed by atoms with van der Waals surface area (Å²) < 4.78 is 0. The minimum atomic E-state index is -0.676. The molecule has 0 bridgehead atoms. The highest BCUT2D eigenvalue weighted by Crippen LogP contribution is 2.26. The smallest absolute Gasteiger partial charge is 0.320 e. The minimum Gasteiger partial charge on any atom is -0.480 e. The molecule has 0 aliphatic carbocycles. The number of nitrogens with zero attached hydrogens (tertiary/aromatic N) is 1. The molecule has 1 fully saturated rings. The summed E-state index contributed by atoms with van der Waals surface area (Å²) in [5.41, 5.74) is 2.44. The zero-order valence-electron chi connectivity index (χ0n) is 11.8. The van der Waals surface area contributed by atoms with Crippen molar-refractivity contribution in [1.29, 1.82) is 0 Å². The molecule has 1 aromatic carbocycles.